The third-order valence-electron chi connectivity index (χ3n) is 2.57. The van der Waals surface area contributed by atoms with Crippen molar-refractivity contribution in [3.05, 3.63) is 0 Å². The Balaban J connectivity index is 2.05. The summed E-state index contributed by atoms with van der Waals surface area (Å²) in [6.07, 6.45) is 4.87. The third-order valence-corrected chi connectivity index (χ3v) is 2.57. The fourth-order valence-corrected chi connectivity index (χ4v) is 1.98. The van der Waals surface area contributed by atoms with Crippen LogP contribution in [0.2, 0.25) is 0 Å². The number of hydrogen-bond acceptors (Lipinski definition) is 3. The smallest absolute Gasteiger partial charge is 0.221 e. The topological polar surface area (TPSA) is 88.8 Å². The molecule has 0 aromatic heterocycles. The maximum absolute atomic E-state index is 5.27. The van der Waals surface area contributed by atoms with Gasteiger partial charge in [0, 0.05) is 0 Å². The van der Waals surface area contributed by atoms with Crippen molar-refractivity contribution < 1.29 is 0 Å². The Morgan fingerprint density at radius 3 is 2.85 bits per heavy atom. The second-order valence-electron chi connectivity index (χ2n) is 3.59. The first-order chi connectivity index (χ1) is 6.25. The molecule has 13 heavy (non-hydrogen) atoms. The summed E-state index contributed by atoms with van der Waals surface area (Å²) in [7, 11) is 0. The van der Waals surface area contributed by atoms with Gasteiger partial charge in [0.2, 0.25) is 5.96 Å². The van der Waals surface area contributed by atoms with Crippen molar-refractivity contribution >= 4 is 11.9 Å². The third kappa shape index (κ3) is 1.74. The minimum Gasteiger partial charge on any atom is -0.370 e. The van der Waals surface area contributed by atoms with E-state index in [0.717, 1.165) is 6.42 Å². The number of aliphatic imine (C=N–C) groups is 2. The highest BCUT2D eigenvalue weighted by molar-refractivity contribution is 5.94. The fraction of sp³-hybridized carbons (Fsp3) is 0.750. The monoisotopic (exact) mass is 181 g/mol. The summed E-state index contributed by atoms with van der Waals surface area (Å²) >= 11 is 0. The molecule has 0 saturated heterocycles. The summed E-state index contributed by atoms with van der Waals surface area (Å²) in [5.74, 6) is 0.682. The summed E-state index contributed by atoms with van der Waals surface area (Å²) in [4.78, 5) is 8.32. The first-order valence-corrected chi connectivity index (χ1v) is 4.69. The van der Waals surface area contributed by atoms with Gasteiger partial charge in [-0.05, 0) is 12.8 Å². The molecule has 2 atom stereocenters. The van der Waals surface area contributed by atoms with Gasteiger partial charge in [-0.2, -0.15) is 4.99 Å². The molecule has 5 N–H and O–H groups in total. The number of nitrogens with zero attached hydrogens (tertiary/aromatic N) is 2. The molecule has 1 saturated carbocycles. The lowest BCUT2D eigenvalue weighted by Gasteiger charge is -2.22. The Kier molecular flexibility index (Phi) is 2.08. The second kappa shape index (κ2) is 3.24. The van der Waals surface area contributed by atoms with Gasteiger partial charge in [0.25, 0.3) is 0 Å². The molecule has 2 unspecified atom stereocenters. The molecular formula is C8H15N5. The van der Waals surface area contributed by atoms with Crippen LogP contribution < -0.4 is 16.8 Å². The summed E-state index contributed by atoms with van der Waals surface area (Å²) in [6, 6.07) is 0.860. The molecule has 0 spiro atoms. The summed E-state index contributed by atoms with van der Waals surface area (Å²) in [6.45, 7) is 0. The van der Waals surface area contributed by atoms with E-state index in [1.807, 2.05) is 0 Å². The van der Waals surface area contributed by atoms with Crippen LogP contribution in [0.5, 0.6) is 0 Å². The van der Waals surface area contributed by atoms with E-state index in [2.05, 4.69) is 15.3 Å². The normalized spacial score (nSPS) is 31.5. The van der Waals surface area contributed by atoms with E-state index >= 15 is 0 Å². The molecule has 5 heteroatoms. The van der Waals surface area contributed by atoms with Gasteiger partial charge in [0.15, 0.2) is 5.96 Å². The maximum Gasteiger partial charge on any atom is 0.221 e. The van der Waals surface area contributed by atoms with E-state index in [1.165, 1.54) is 19.3 Å². The van der Waals surface area contributed by atoms with E-state index in [-0.39, 0.29) is 5.96 Å². The Labute approximate surface area is 77.3 Å². The van der Waals surface area contributed by atoms with E-state index in [0.29, 0.717) is 18.0 Å². The number of nitrogens with one attached hydrogen (secondary N) is 1. The average molecular weight is 181 g/mol. The number of hydrogen-bond donors (Lipinski definition) is 3. The van der Waals surface area contributed by atoms with Crippen LogP contribution in [-0.2, 0) is 0 Å². The van der Waals surface area contributed by atoms with Gasteiger partial charge >= 0.3 is 0 Å². The zero-order valence-electron chi connectivity index (χ0n) is 7.53. The molecule has 0 aromatic rings. The zero-order valence-corrected chi connectivity index (χ0v) is 7.53. The maximum atomic E-state index is 5.27. The number of nitrogens with two attached hydrogens (primary N) is 2. The molecule has 1 aliphatic heterocycles. The quantitative estimate of drug-likeness (QED) is 0.348. The highest BCUT2D eigenvalue weighted by Gasteiger charge is 2.30. The van der Waals surface area contributed by atoms with Crippen molar-refractivity contribution in [3.8, 4) is 0 Å². The van der Waals surface area contributed by atoms with Crippen molar-refractivity contribution in [2.75, 3.05) is 0 Å². The molecule has 0 aromatic carbocycles. The van der Waals surface area contributed by atoms with Crippen LogP contribution in [0.1, 0.15) is 25.7 Å². The van der Waals surface area contributed by atoms with Crippen molar-refractivity contribution in [2.24, 2.45) is 21.5 Å². The molecule has 1 fully saturated rings. The molecule has 0 radical (unpaired) electrons. The first kappa shape index (κ1) is 8.34. The Hall–Kier alpha value is -1.26. The van der Waals surface area contributed by atoms with Crippen LogP contribution >= 0.6 is 0 Å². The minimum atomic E-state index is 0.0740. The van der Waals surface area contributed by atoms with Crippen molar-refractivity contribution in [3.63, 3.8) is 0 Å². The Bertz CT molecular complexity index is 253. The number of rotatable bonds is 0. The first-order valence-electron chi connectivity index (χ1n) is 4.69. The summed E-state index contributed by atoms with van der Waals surface area (Å²) < 4.78 is 0. The van der Waals surface area contributed by atoms with Gasteiger partial charge in [-0.1, -0.05) is 12.8 Å². The van der Waals surface area contributed by atoms with Crippen molar-refractivity contribution in [2.45, 2.75) is 37.8 Å². The SMILES string of the molecule is NC(N)=NC1=NC2CCCCC2N1. The van der Waals surface area contributed by atoms with Crippen LogP contribution in [0, 0.1) is 0 Å². The van der Waals surface area contributed by atoms with E-state index in [1.54, 1.807) is 0 Å². The second-order valence-corrected chi connectivity index (χ2v) is 3.59. The molecular weight excluding hydrogens is 166 g/mol. The van der Waals surface area contributed by atoms with Crippen molar-refractivity contribution in [1.29, 1.82) is 0 Å². The Morgan fingerprint density at radius 2 is 2.15 bits per heavy atom. The molecule has 0 bridgehead atoms. The highest BCUT2D eigenvalue weighted by atomic mass is 15.2. The number of guanidine groups is 2. The van der Waals surface area contributed by atoms with Gasteiger partial charge in [-0.3, -0.25) is 0 Å². The van der Waals surface area contributed by atoms with Crippen molar-refractivity contribution in [1.82, 2.24) is 5.32 Å². The molecule has 5 nitrogen and oxygen atoms in total. The summed E-state index contributed by atoms with van der Waals surface area (Å²) in [5, 5.41) is 3.23. The predicted molar refractivity (Wildman–Crippen MR) is 52.4 cm³/mol. The van der Waals surface area contributed by atoms with Gasteiger partial charge in [-0.25, -0.2) is 4.99 Å². The van der Waals surface area contributed by atoms with Crippen LogP contribution in [0.15, 0.2) is 9.98 Å². The molecule has 1 aliphatic carbocycles. The van der Waals surface area contributed by atoms with Gasteiger partial charge in [0.05, 0.1) is 12.1 Å². The standard InChI is InChI=1S/C8H15N5/c9-7(10)13-8-11-5-3-1-2-4-6(5)12-8/h5-6H,1-4H2,(H5,9,10,11,12,13). The van der Waals surface area contributed by atoms with Gasteiger partial charge in [0.1, 0.15) is 0 Å². The lowest BCUT2D eigenvalue weighted by molar-refractivity contribution is 0.384. The van der Waals surface area contributed by atoms with Crippen LogP contribution in [0.25, 0.3) is 0 Å². The van der Waals surface area contributed by atoms with E-state index < -0.39 is 0 Å². The molecule has 2 aliphatic rings. The Morgan fingerprint density at radius 1 is 1.38 bits per heavy atom. The van der Waals surface area contributed by atoms with Gasteiger partial charge in [-0.15, -0.1) is 0 Å². The lowest BCUT2D eigenvalue weighted by atomic mass is 9.92. The van der Waals surface area contributed by atoms with Crippen LogP contribution in [-0.4, -0.2) is 24.0 Å². The predicted octanol–water partition coefficient (Wildman–Crippen LogP) is -0.470. The van der Waals surface area contributed by atoms with Crippen LogP contribution in [0.3, 0.4) is 0 Å². The molecule has 72 valence electrons. The lowest BCUT2D eigenvalue weighted by Crippen LogP contribution is -2.37. The number of fused-ring (bicyclic) bond motifs is 1. The van der Waals surface area contributed by atoms with Crippen LogP contribution in [0.4, 0.5) is 0 Å². The molecule has 1 heterocycles. The minimum absolute atomic E-state index is 0.0740. The van der Waals surface area contributed by atoms with Gasteiger partial charge < -0.3 is 16.8 Å². The largest absolute Gasteiger partial charge is 0.370 e. The van der Waals surface area contributed by atoms with E-state index in [4.69, 9.17) is 11.5 Å². The summed E-state index contributed by atoms with van der Waals surface area (Å²) in [5.41, 5.74) is 10.5. The zero-order chi connectivity index (χ0) is 9.26. The van der Waals surface area contributed by atoms with E-state index in [9.17, 15) is 0 Å². The molecule has 2 rings (SSSR count). The molecule has 0 amide bonds. The fourth-order valence-electron chi connectivity index (χ4n) is 1.98. The highest BCUT2D eigenvalue weighted by Crippen LogP contribution is 2.24. The average Bonchev–Trinajstić information content (AvgIpc) is 2.44.